The standard InChI is InChI=1S/C10H11N2O2.CH3.Y/c1-7-3-4-9(12-8(2)14)5-10(7)11-6-13;;/h3-5H,1-2H3,(H,11,13)(H,12,14);1H3;/q2*-1;. The topological polar surface area (TPSA) is 58.2 Å². The Hall–Kier alpha value is -0.736. The average molecular weight is 295 g/mol. The van der Waals surface area contributed by atoms with Gasteiger partial charge in [0.2, 0.25) is 5.91 Å². The number of benzene rings is 1. The van der Waals surface area contributed by atoms with Gasteiger partial charge >= 0.3 is 0 Å². The predicted molar refractivity (Wildman–Crippen MR) is 61.2 cm³/mol. The van der Waals surface area contributed by atoms with Crippen LogP contribution in [0.15, 0.2) is 18.2 Å². The molecule has 0 aliphatic carbocycles. The molecule has 4 nitrogen and oxygen atoms in total. The molecule has 5 heteroatoms. The molecule has 1 radical (unpaired) electrons. The molecule has 1 aromatic carbocycles. The van der Waals surface area contributed by atoms with Crippen molar-refractivity contribution in [1.29, 1.82) is 0 Å². The second-order valence-electron chi connectivity index (χ2n) is 2.94. The summed E-state index contributed by atoms with van der Waals surface area (Å²) in [5.74, 6) is -0.144. The first kappa shape index (κ1) is 17.7. The molecule has 0 fully saturated rings. The van der Waals surface area contributed by atoms with Gasteiger partial charge in [-0.3, -0.25) is 4.79 Å². The second kappa shape index (κ2) is 8.42. The Morgan fingerprint density at radius 2 is 2.00 bits per heavy atom. The number of rotatable bonds is 3. The first-order valence-electron chi connectivity index (χ1n) is 4.15. The third-order valence-electron chi connectivity index (χ3n) is 1.74. The van der Waals surface area contributed by atoms with Gasteiger partial charge < -0.3 is 22.9 Å². The number of carbonyl (C=O) groups is 1. The number of aryl methyl sites for hydroxylation is 1. The molecule has 0 aromatic heterocycles. The van der Waals surface area contributed by atoms with Crippen LogP contribution < -0.4 is 10.6 Å². The zero-order valence-corrected chi connectivity index (χ0v) is 12.5. The van der Waals surface area contributed by atoms with Crippen LogP contribution >= 0.6 is 0 Å². The van der Waals surface area contributed by atoms with Gasteiger partial charge in [0.05, 0.1) is 6.41 Å². The fourth-order valence-electron chi connectivity index (χ4n) is 1.09. The zero-order valence-electron chi connectivity index (χ0n) is 9.63. The molecule has 0 heterocycles. The van der Waals surface area contributed by atoms with E-state index in [-0.39, 0.29) is 46.0 Å². The SMILES string of the molecule is CC(=O)Nc1ccc(C)c(N[C-]=O)c1.[CH3-].[Y]. The van der Waals surface area contributed by atoms with Crippen molar-refractivity contribution in [1.82, 2.24) is 0 Å². The molecule has 0 atom stereocenters. The second-order valence-corrected chi connectivity index (χ2v) is 2.94. The minimum atomic E-state index is -0.144. The summed E-state index contributed by atoms with van der Waals surface area (Å²) in [5, 5.41) is 5.05. The summed E-state index contributed by atoms with van der Waals surface area (Å²) in [6.45, 7) is 3.29. The largest absolute Gasteiger partial charge is 0.490 e. The molecule has 0 saturated heterocycles. The monoisotopic (exact) mass is 295 g/mol. The Bertz CT molecular complexity index is 367. The van der Waals surface area contributed by atoms with E-state index in [2.05, 4.69) is 10.6 Å². The van der Waals surface area contributed by atoms with Crippen molar-refractivity contribution in [2.75, 3.05) is 10.6 Å². The molecule has 2 N–H and O–H groups in total. The maximum absolute atomic E-state index is 10.8. The van der Waals surface area contributed by atoms with E-state index >= 15 is 0 Å². The molecule has 16 heavy (non-hydrogen) atoms. The molecule has 2 amide bonds. The van der Waals surface area contributed by atoms with Crippen molar-refractivity contribution in [2.24, 2.45) is 0 Å². The van der Waals surface area contributed by atoms with Gasteiger partial charge in [-0.05, 0) is 6.07 Å². The number of carbonyl (C=O) groups excluding carboxylic acids is 2. The third-order valence-corrected chi connectivity index (χ3v) is 1.74. The van der Waals surface area contributed by atoms with Crippen molar-refractivity contribution in [3.8, 4) is 0 Å². The van der Waals surface area contributed by atoms with E-state index < -0.39 is 0 Å². The Balaban J connectivity index is 0. The van der Waals surface area contributed by atoms with E-state index in [9.17, 15) is 9.59 Å². The van der Waals surface area contributed by atoms with Crippen molar-refractivity contribution >= 4 is 23.7 Å². The van der Waals surface area contributed by atoms with Crippen LogP contribution in [0.3, 0.4) is 0 Å². The van der Waals surface area contributed by atoms with Crippen molar-refractivity contribution in [3.05, 3.63) is 31.2 Å². The molecule has 0 bridgehead atoms. The van der Waals surface area contributed by atoms with E-state index in [1.54, 1.807) is 18.5 Å². The minimum absolute atomic E-state index is 0. The summed E-state index contributed by atoms with van der Waals surface area (Å²) in [6, 6.07) is 5.26. The zero-order chi connectivity index (χ0) is 10.6. The third kappa shape index (κ3) is 5.38. The van der Waals surface area contributed by atoms with Gasteiger partial charge in [-0.25, -0.2) is 0 Å². The predicted octanol–water partition coefficient (Wildman–Crippen LogP) is 1.88. The summed E-state index contributed by atoms with van der Waals surface area (Å²) in [4.78, 5) is 20.9. The number of nitrogens with one attached hydrogen (secondary N) is 2. The average Bonchev–Trinajstić information content (AvgIpc) is 2.10. The summed E-state index contributed by atoms with van der Waals surface area (Å²) in [7, 11) is 0. The number of anilines is 2. The van der Waals surface area contributed by atoms with Gasteiger partial charge in [0.1, 0.15) is 0 Å². The van der Waals surface area contributed by atoms with Gasteiger partial charge in [0.15, 0.2) is 0 Å². The van der Waals surface area contributed by atoms with E-state index in [1.165, 1.54) is 6.92 Å². The molecule has 0 aliphatic rings. The van der Waals surface area contributed by atoms with Crippen LogP contribution in [-0.2, 0) is 42.3 Å². The molecule has 0 aliphatic heterocycles. The van der Waals surface area contributed by atoms with Crippen LogP contribution in [0.1, 0.15) is 12.5 Å². The maximum Gasteiger partial charge on any atom is 0.221 e. The summed E-state index contributed by atoms with van der Waals surface area (Å²) in [6.07, 6.45) is 1.59. The van der Waals surface area contributed by atoms with Crippen LogP contribution in [0.5, 0.6) is 0 Å². The molecule has 0 unspecified atom stereocenters. The molecule has 1 rings (SSSR count). The van der Waals surface area contributed by atoms with Gasteiger partial charge in [-0.15, -0.1) is 11.3 Å². The van der Waals surface area contributed by atoms with Crippen LogP contribution in [0.4, 0.5) is 11.4 Å². The minimum Gasteiger partial charge on any atom is -0.490 e. The Morgan fingerprint density at radius 3 is 2.50 bits per heavy atom. The van der Waals surface area contributed by atoms with Crippen LogP contribution in [0.25, 0.3) is 0 Å². The molecular weight excluding hydrogens is 281 g/mol. The fourth-order valence-corrected chi connectivity index (χ4v) is 1.09. The summed E-state index contributed by atoms with van der Waals surface area (Å²) in [5.41, 5.74) is 2.22. The Kier molecular flexibility index (Phi) is 9.29. The maximum atomic E-state index is 10.8. The fraction of sp³-hybridized carbons (Fsp3) is 0.182. The van der Waals surface area contributed by atoms with E-state index in [0.717, 1.165) is 5.56 Å². The van der Waals surface area contributed by atoms with Gasteiger partial charge in [0, 0.05) is 45.3 Å². The number of amides is 2. The van der Waals surface area contributed by atoms with Gasteiger partial charge in [0.25, 0.3) is 0 Å². The number of hydrogen-bond donors (Lipinski definition) is 2. The molecule has 0 spiro atoms. The molecular formula is C11H14N2O2Y-2. The van der Waals surface area contributed by atoms with Crippen LogP contribution in [-0.4, -0.2) is 12.3 Å². The van der Waals surface area contributed by atoms with Gasteiger partial charge in [-0.2, -0.15) is 0 Å². The quantitative estimate of drug-likeness (QED) is 0.661. The van der Waals surface area contributed by atoms with Crippen molar-refractivity contribution in [2.45, 2.75) is 13.8 Å². The van der Waals surface area contributed by atoms with E-state index in [0.29, 0.717) is 11.4 Å². The van der Waals surface area contributed by atoms with Crippen LogP contribution in [0, 0.1) is 14.4 Å². The van der Waals surface area contributed by atoms with Crippen LogP contribution in [0.2, 0.25) is 0 Å². The van der Waals surface area contributed by atoms with Crippen molar-refractivity contribution in [3.63, 3.8) is 0 Å². The Labute approximate surface area is 121 Å². The summed E-state index contributed by atoms with van der Waals surface area (Å²) < 4.78 is 0. The molecule has 85 valence electrons. The van der Waals surface area contributed by atoms with Crippen molar-refractivity contribution < 1.29 is 42.3 Å². The first-order valence-corrected chi connectivity index (χ1v) is 4.15. The Morgan fingerprint density at radius 1 is 1.38 bits per heavy atom. The van der Waals surface area contributed by atoms with Gasteiger partial charge in [-0.1, -0.05) is 19.1 Å². The molecule has 1 aromatic rings. The number of hydrogen-bond acceptors (Lipinski definition) is 2. The van der Waals surface area contributed by atoms with E-state index in [1.807, 2.05) is 13.0 Å². The molecule has 0 saturated carbocycles. The summed E-state index contributed by atoms with van der Waals surface area (Å²) >= 11 is 0. The first-order chi connectivity index (χ1) is 6.63. The van der Waals surface area contributed by atoms with E-state index in [4.69, 9.17) is 0 Å². The normalized spacial score (nSPS) is 8.12. The smallest absolute Gasteiger partial charge is 0.221 e.